The molecule has 1 aliphatic carbocycles. The van der Waals surface area contributed by atoms with Gasteiger partial charge in [0.25, 0.3) is 0 Å². The Hall–Kier alpha value is -1.91. The molecule has 0 saturated heterocycles. The number of carbonyl (C=O) groups excluding carboxylic acids is 2. The molecule has 1 N–H and O–H groups in total. The quantitative estimate of drug-likeness (QED) is 0.452. The summed E-state index contributed by atoms with van der Waals surface area (Å²) in [6.45, 7) is 1.45. The zero-order valence-electron chi connectivity index (χ0n) is 19.2. The maximum Gasteiger partial charge on any atom is 0.244 e. The predicted molar refractivity (Wildman–Crippen MR) is 141 cm³/mol. The third kappa shape index (κ3) is 7.29. The van der Waals surface area contributed by atoms with Crippen LogP contribution < -0.4 is 9.62 Å². The molecule has 7 nitrogen and oxygen atoms in total. The van der Waals surface area contributed by atoms with Crippen LogP contribution in [0.3, 0.4) is 0 Å². The number of anilines is 1. The Morgan fingerprint density at radius 1 is 1.06 bits per heavy atom. The van der Waals surface area contributed by atoms with Crippen LogP contribution in [0, 0.1) is 0 Å². The van der Waals surface area contributed by atoms with Crippen molar-refractivity contribution in [1.82, 2.24) is 10.2 Å². The van der Waals surface area contributed by atoms with Gasteiger partial charge in [-0.05, 0) is 55.7 Å². The zero-order chi connectivity index (χ0) is 24.9. The maximum atomic E-state index is 13.5. The summed E-state index contributed by atoms with van der Waals surface area (Å²) in [5.74, 6) is -0.692. The van der Waals surface area contributed by atoms with E-state index in [2.05, 4.69) is 37.2 Å². The molecule has 184 valence electrons. The molecule has 0 bridgehead atoms. The van der Waals surface area contributed by atoms with Gasteiger partial charge in [0, 0.05) is 21.5 Å². The first kappa shape index (κ1) is 26.7. The summed E-state index contributed by atoms with van der Waals surface area (Å²) < 4.78 is 27.8. The molecule has 10 heteroatoms. The van der Waals surface area contributed by atoms with E-state index in [1.165, 1.54) is 4.90 Å². The molecule has 1 atom stereocenters. The first-order valence-corrected chi connectivity index (χ1v) is 14.6. The standard InChI is InChI=1S/C24H29Br2N3O4S/c1-17(24(31)27-21-10-3-4-11-21)28(15-18-7-5-8-19(25)13-18)23(30)16-29(34(2,32)33)22-12-6-9-20(26)14-22/h5-9,12-14,17,21H,3-4,10-11,15-16H2,1-2H3,(H,27,31). The molecule has 1 fully saturated rings. The van der Waals surface area contributed by atoms with Gasteiger partial charge in [-0.3, -0.25) is 13.9 Å². The summed E-state index contributed by atoms with van der Waals surface area (Å²) in [5.41, 5.74) is 1.20. The number of nitrogens with one attached hydrogen (secondary N) is 1. The van der Waals surface area contributed by atoms with Gasteiger partial charge in [0.05, 0.1) is 11.9 Å². The highest BCUT2D eigenvalue weighted by Crippen LogP contribution is 2.23. The van der Waals surface area contributed by atoms with E-state index in [1.807, 2.05) is 24.3 Å². The number of nitrogens with zero attached hydrogens (tertiary/aromatic N) is 2. The van der Waals surface area contributed by atoms with E-state index in [0.29, 0.717) is 10.2 Å². The molecule has 0 aromatic heterocycles. The van der Waals surface area contributed by atoms with Crippen molar-refractivity contribution in [2.75, 3.05) is 17.1 Å². The van der Waals surface area contributed by atoms with E-state index in [1.54, 1.807) is 31.2 Å². The van der Waals surface area contributed by atoms with Crippen LogP contribution in [0.4, 0.5) is 5.69 Å². The molecule has 1 unspecified atom stereocenters. The highest BCUT2D eigenvalue weighted by molar-refractivity contribution is 9.10. The van der Waals surface area contributed by atoms with E-state index in [4.69, 9.17) is 0 Å². The van der Waals surface area contributed by atoms with Crippen LogP contribution in [-0.2, 0) is 26.2 Å². The minimum atomic E-state index is -3.75. The first-order valence-electron chi connectivity index (χ1n) is 11.1. The molecule has 2 amide bonds. The predicted octanol–water partition coefficient (Wildman–Crippen LogP) is 4.45. The maximum absolute atomic E-state index is 13.5. The topological polar surface area (TPSA) is 86.8 Å². The molecule has 0 radical (unpaired) electrons. The van der Waals surface area contributed by atoms with Crippen molar-refractivity contribution in [1.29, 1.82) is 0 Å². The number of carbonyl (C=O) groups is 2. The van der Waals surface area contributed by atoms with Gasteiger partial charge in [0.15, 0.2) is 0 Å². The number of hydrogen-bond acceptors (Lipinski definition) is 4. The first-order chi connectivity index (χ1) is 16.0. The van der Waals surface area contributed by atoms with Crippen LogP contribution in [-0.4, -0.2) is 50.0 Å². The Morgan fingerprint density at radius 3 is 2.26 bits per heavy atom. The van der Waals surface area contributed by atoms with Crippen LogP contribution >= 0.6 is 31.9 Å². The summed E-state index contributed by atoms with van der Waals surface area (Å²) in [6, 6.07) is 13.6. The molecule has 2 aromatic carbocycles. The number of rotatable bonds is 9. The average Bonchev–Trinajstić information content (AvgIpc) is 3.27. The molecule has 1 saturated carbocycles. The summed E-state index contributed by atoms with van der Waals surface area (Å²) in [4.78, 5) is 28.0. The minimum Gasteiger partial charge on any atom is -0.352 e. The van der Waals surface area contributed by atoms with Gasteiger partial charge < -0.3 is 10.2 Å². The van der Waals surface area contributed by atoms with Crippen molar-refractivity contribution in [3.05, 3.63) is 63.0 Å². The van der Waals surface area contributed by atoms with Crippen molar-refractivity contribution < 1.29 is 18.0 Å². The molecule has 1 aliphatic rings. The molecule has 0 aliphatic heterocycles. The van der Waals surface area contributed by atoms with Gasteiger partial charge in [0.2, 0.25) is 21.8 Å². The monoisotopic (exact) mass is 613 g/mol. The Balaban J connectivity index is 1.88. The summed E-state index contributed by atoms with van der Waals surface area (Å²) in [5, 5.41) is 3.05. The van der Waals surface area contributed by atoms with Crippen molar-refractivity contribution in [2.24, 2.45) is 0 Å². The van der Waals surface area contributed by atoms with Crippen molar-refractivity contribution in [3.63, 3.8) is 0 Å². The van der Waals surface area contributed by atoms with Gasteiger partial charge >= 0.3 is 0 Å². The fourth-order valence-corrected chi connectivity index (χ4v) is 5.73. The van der Waals surface area contributed by atoms with Crippen molar-refractivity contribution >= 4 is 59.4 Å². The van der Waals surface area contributed by atoms with Crippen LogP contribution in [0.1, 0.15) is 38.2 Å². The van der Waals surface area contributed by atoms with Gasteiger partial charge in [0.1, 0.15) is 12.6 Å². The number of halogens is 2. The van der Waals surface area contributed by atoms with Crippen LogP contribution in [0.25, 0.3) is 0 Å². The average molecular weight is 615 g/mol. The number of sulfonamides is 1. The molecular formula is C24H29Br2N3O4S. The number of amides is 2. The normalized spacial score (nSPS) is 15.1. The molecule has 34 heavy (non-hydrogen) atoms. The lowest BCUT2D eigenvalue weighted by atomic mass is 10.1. The summed E-state index contributed by atoms with van der Waals surface area (Å²) in [7, 11) is -3.75. The Morgan fingerprint density at radius 2 is 1.68 bits per heavy atom. The second-order valence-electron chi connectivity index (χ2n) is 8.57. The molecule has 0 heterocycles. The Kier molecular flexibility index (Phi) is 9.17. The molecule has 3 rings (SSSR count). The highest BCUT2D eigenvalue weighted by Gasteiger charge is 2.31. The van der Waals surface area contributed by atoms with Crippen LogP contribution in [0.2, 0.25) is 0 Å². The highest BCUT2D eigenvalue weighted by atomic mass is 79.9. The SMILES string of the molecule is CC(C(=O)NC1CCCC1)N(Cc1cccc(Br)c1)C(=O)CN(c1cccc(Br)c1)S(C)(=O)=O. The minimum absolute atomic E-state index is 0.118. The van der Waals surface area contributed by atoms with E-state index in [0.717, 1.165) is 46.3 Å². The molecule has 2 aromatic rings. The van der Waals surface area contributed by atoms with Gasteiger partial charge in [-0.2, -0.15) is 0 Å². The van der Waals surface area contributed by atoms with Gasteiger partial charge in [-0.25, -0.2) is 8.42 Å². The Labute approximate surface area is 218 Å². The summed E-state index contributed by atoms with van der Waals surface area (Å²) >= 11 is 6.80. The third-order valence-corrected chi connectivity index (χ3v) is 8.01. The van der Waals surface area contributed by atoms with Crippen molar-refractivity contribution in [3.8, 4) is 0 Å². The van der Waals surface area contributed by atoms with Crippen LogP contribution in [0.5, 0.6) is 0 Å². The summed E-state index contributed by atoms with van der Waals surface area (Å²) in [6.07, 6.45) is 5.09. The van der Waals surface area contributed by atoms with E-state index in [9.17, 15) is 18.0 Å². The van der Waals surface area contributed by atoms with Crippen molar-refractivity contribution in [2.45, 2.75) is 51.2 Å². The second kappa shape index (κ2) is 11.7. The van der Waals surface area contributed by atoms with E-state index in [-0.39, 0.29) is 18.5 Å². The molecule has 0 spiro atoms. The Bertz CT molecular complexity index is 1140. The third-order valence-electron chi connectivity index (χ3n) is 5.89. The lowest BCUT2D eigenvalue weighted by molar-refractivity contribution is -0.139. The second-order valence-corrected chi connectivity index (χ2v) is 12.3. The lowest BCUT2D eigenvalue weighted by Crippen LogP contribution is -2.52. The number of benzene rings is 2. The van der Waals surface area contributed by atoms with E-state index < -0.39 is 28.5 Å². The van der Waals surface area contributed by atoms with Gasteiger partial charge in [-0.15, -0.1) is 0 Å². The largest absolute Gasteiger partial charge is 0.352 e. The number of hydrogen-bond donors (Lipinski definition) is 1. The van der Waals surface area contributed by atoms with Crippen LogP contribution in [0.15, 0.2) is 57.5 Å². The lowest BCUT2D eigenvalue weighted by Gasteiger charge is -2.32. The van der Waals surface area contributed by atoms with E-state index >= 15 is 0 Å². The molecular weight excluding hydrogens is 586 g/mol. The smallest absolute Gasteiger partial charge is 0.244 e. The zero-order valence-corrected chi connectivity index (χ0v) is 23.2. The fraction of sp³-hybridized carbons (Fsp3) is 0.417. The van der Waals surface area contributed by atoms with Gasteiger partial charge in [-0.1, -0.05) is 62.9 Å². The fourth-order valence-electron chi connectivity index (χ4n) is 4.05.